The van der Waals surface area contributed by atoms with E-state index in [-0.39, 0.29) is 25.6 Å². The van der Waals surface area contributed by atoms with E-state index in [2.05, 4.69) is 4.98 Å². The van der Waals surface area contributed by atoms with Crippen LogP contribution in [0, 0.1) is 0 Å². The number of ether oxygens (including phenoxy) is 1. The number of rotatable bonds is 6. The largest absolute Gasteiger partial charge is 0.367 e. The molecule has 0 amide bonds. The standard InChI is InChI=1S/C18H14Cl4N2O.Rh/c19-13-2-1-12(16(21)7-13)10-25-18(9-24-6-5-23-11-24)15-4-3-14(20)8-17(15)22;/h1-8,11,18H,9-10H2;. The van der Waals surface area contributed by atoms with Crippen LogP contribution >= 0.6 is 46.4 Å². The summed E-state index contributed by atoms with van der Waals surface area (Å²) in [6.45, 7) is 0.890. The molecule has 0 bridgehead atoms. The summed E-state index contributed by atoms with van der Waals surface area (Å²) in [6.07, 6.45) is 5.03. The summed E-state index contributed by atoms with van der Waals surface area (Å²) in [6, 6.07) is 10.7. The molecule has 1 radical (unpaired) electrons. The van der Waals surface area contributed by atoms with Gasteiger partial charge in [-0.25, -0.2) is 4.98 Å². The van der Waals surface area contributed by atoms with E-state index >= 15 is 0 Å². The SMILES string of the molecule is Clc1ccc(COC(Cn2ccnc2)c2ccc(Cl)cc2Cl)c(Cl)c1.[Rh]. The van der Waals surface area contributed by atoms with Gasteiger partial charge in [-0.05, 0) is 29.8 Å². The van der Waals surface area contributed by atoms with Gasteiger partial charge in [0.25, 0.3) is 0 Å². The molecular formula is C18H14Cl4N2ORh. The predicted molar refractivity (Wildman–Crippen MR) is 103 cm³/mol. The first-order valence-electron chi connectivity index (χ1n) is 7.49. The van der Waals surface area contributed by atoms with Crippen molar-refractivity contribution in [2.24, 2.45) is 0 Å². The first-order chi connectivity index (χ1) is 12.0. The van der Waals surface area contributed by atoms with E-state index in [1.165, 1.54) is 0 Å². The van der Waals surface area contributed by atoms with Crippen molar-refractivity contribution in [3.63, 3.8) is 0 Å². The molecule has 1 aromatic heterocycles. The van der Waals surface area contributed by atoms with E-state index in [4.69, 9.17) is 51.1 Å². The average Bonchev–Trinajstić information content (AvgIpc) is 3.06. The van der Waals surface area contributed by atoms with Crippen molar-refractivity contribution in [1.29, 1.82) is 0 Å². The molecule has 0 aliphatic carbocycles. The first kappa shape index (κ1) is 21.7. The first-order valence-corrected chi connectivity index (χ1v) is 9.00. The Balaban J connectivity index is 0.00000243. The number of hydrogen-bond donors (Lipinski definition) is 0. The Hall–Kier alpha value is -0.607. The third-order valence-electron chi connectivity index (χ3n) is 3.70. The molecule has 2 aromatic carbocycles. The second-order valence-electron chi connectivity index (χ2n) is 5.46. The Labute approximate surface area is 184 Å². The average molecular weight is 519 g/mol. The van der Waals surface area contributed by atoms with Crippen molar-refractivity contribution in [3.05, 3.63) is 86.3 Å². The summed E-state index contributed by atoms with van der Waals surface area (Å²) in [5.41, 5.74) is 1.71. The quantitative estimate of drug-likeness (QED) is 0.350. The number of benzene rings is 2. The maximum absolute atomic E-state index is 6.37. The molecule has 3 rings (SSSR count). The number of halogens is 4. The monoisotopic (exact) mass is 517 g/mol. The Morgan fingerprint density at radius 2 is 1.65 bits per heavy atom. The molecule has 0 saturated heterocycles. The summed E-state index contributed by atoms with van der Waals surface area (Å²) >= 11 is 24.5. The normalized spacial score (nSPS) is 11.8. The van der Waals surface area contributed by atoms with Crippen molar-refractivity contribution in [1.82, 2.24) is 9.55 Å². The fraction of sp³-hybridized carbons (Fsp3) is 0.167. The predicted octanol–water partition coefficient (Wildman–Crippen LogP) is 6.45. The molecule has 0 spiro atoms. The molecule has 1 heterocycles. The van der Waals surface area contributed by atoms with E-state index in [0.717, 1.165) is 11.1 Å². The fourth-order valence-corrected chi connectivity index (χ4v) is 3.41. The minimum absolute atomic E-state index is 0. The molecule has 8 heteroatoms. The minimum atomic E-state index is -0.286. The fourth-order valence-electron chi connectivity index (χ4n) is 2.42. The van der Waals surface area contributed by atoms with Crippen LogP contribution in [0.4, 0.5) is 0 Å². The van der Waals surface area contributed by atoms with Gasteiger partial charge in [-0.1, -0.05) is 58.5 Å². The number of aromatic nitrogens is 2. The van der Waals surface area contributed by atoms with Crippen molar-refractivity contribution in [3.8, 4) is 0 Å². The van der Waals surface area contributed by atoms with Crippen LogP contribution in [0.15, 0.2) is 55.1 Å². The van der Waals surface area contributed by atoms with Crippen LogP contribution in [0.25, 0.3) is 0 Å². The number of nitrogens with zero attached hydrogens (tertiary/aromatic N) is 2. The molecule has 0 aliphatic rings. The third kappa shape index (κ3) is 5.69. The van der Waals surface area contributed by atoms with Gasteiger partial charge in [0.1, 0.15) is 6.10 Å². The van der Waals surface area contributed by atoms with Gasteiger partial charge in [-0.3, -0.25) is 0 Å². The minimum Gasteiger partial charge on any atom is -0.367 e. The molecule has 3 aromatic rings. The van der Waals surface area contributed by atoms with E-state index in [1.54, 1.807) is 36.8 Å². The van der Waals surface area contributed by atoms with Crippen LogP contribution in [-0.2, 0) is 37.4 Å². The molecule has 26 heavy (non-hydrogen) atoms. The Kier molecular flexibility index (Phi) is 8.41. The van der Waals surface area contributed by atoms with Gasteiger partial charge < -0.3 is 9.30 Å². The molecule has 1 unspecified atom stereocenters. The van der Waals surface area contributed by atoms with Gasteiger partial charge in [-0.2, -0.15) is 0 Å². The van der Waals surface area contributed by atoms with Crippen molar-refractivity contribution in [2.75, 3.05) is 0 Å². The number of hydrogen-bond acceptors (Lipinski definition) is 2. The van der Waals surface area contributed by atoms with Crippen LogP contribution in [-0.4, -0.2) is 9.55 Å². The Bertz CT molecular complexity index is 858. The molecule has 0 fully saturated rings. The zero-order valence-electron chi connectivity index (χ0n) is 13.3. The molecule has 139 valence electrons. The zero-order valence-corrected chi connectivity index (χ0v) is 18.0. The van der Waals surface area contributed by atoms with Crippen LogP contribution in [0.5, 0.6) is 0 Å². The van der Waals surface area contributed by atoms with E-state index < -0.39 is 0 Å². The Morgan fingerprint density at radius 1 is 0.962 bits per heavy atom. The summed E-state index contributed by atoms with van der Waals surface area (Å²) in [4.78, 5) is 4.07. The van der Waals surface area contributed by atoms with Crippen molar-refractivity contribution < 1.29 is 24.2 Å². The van der Waals surface area contributed by atoms with E-state index in [9.17, 15) is 0 Å². The molecular weight excluding hydrogens is 505 g/mol. The topological polar surface area (TPSA) is 27.1 Å². The molecule has 1 atom stereocenters. The van der Waals surface area contributed by atoms with Gasteiger partial charge in [0.15, 0.2) is 0 Å². The van der Waals surface area contributed by atoms with Gasteiger partial charge in [0, 0.05) is 57.5 Å². The van der Waals surface area contributed by atoms with Gasteiger partial charge in [0.05, 0.1) is 19.5 Å². The van der Waals surface area contributed by atoms with Crippen LogP contribution in [0.2, 0.25) is 20.1 Å². The maximum atomic E-state index is 6.37. The van der Waals surface area contributed by atoms with Crippen molar-refractivity contribution in [2.45, 2.75) is 19.3 Å². The molecule has 3 nitrogen and oxygen atoms in total. The van der Waals surface area contributed by atoms with Crippen LogP contribution in [0.1, 0.15) is 17.2 Å². The maximum Gasteiger partial charge on any atom is 0.102 e. The van der Waals surface area contributed by atoms with Gasteiger partial charge in [0.2, 0.25) is 0 Å². The summed E-state index contributed by atoms with van der Waals surface area (Å²) in [5, 5.41) is 2.29. The zero-order chi connectivity index (χ0) is 17.8. The summed E-state index contributed by atoms with van der Waals surface area (Å²) < 4.78 is 8.05. The van der Waals surface area contributed by atoms with Gasteiger partial charge in [-0.15, -0.1) is 0 Å². The van der Waals surface area contributed by atoms with E-state index in [0.29, 0.717) is 33.2 Å². The summed E-state index contributed by atoms with van der Waals surface area (Å²) in [5.74, 6) is 0. The Morgan fingerprint density at radius 3 is 2.27 bits per heavy atom. The second kappa shape index (κ2) is 10.1. The number of imidazole rings is 1. The van der Waals surface area contributed by atoms with Crippen molar-refractivity contribution >= 4 is 46.4 Å². The third-order valence-corrected chi connectivity index (χ3v) is 4.85. The van der Waals surface area contributed by atoms with E-state index in [1.807, 2.05) is 22.9 Å². The smallest absolute Gasteiger partial charge is 0.102 e. The second-order valence-corrected chi connectivity index (χ2v) is 7.15. The van der Waals surface area contributed by atoms with Gasteiger partial charge >= 0.3 is 0 Å². The van der Waals surface area contributed by atoms with Crippen LogP contribution in [0.3, 0.4) is 0 Å². The molecule has 0 aliphatic heterocycles. The van der Waals surface area contributed by atoms with Crippen LogP contribution < -0.4 is 0 Å². The molecule has 0 N–H and O–H groups in total. The molecule has 0 saturated carbocycles. The summed E-state index contributed by atoms with van der Waals surface area (Å²) in [7, 11) is 0.